The first-order valence-corrected chi connectivity index (χ1v) is 8.55. The third-order valence-electron chi connectivity index (χ3n) is 3.62. The molecule has 0 radical (unpaired) electrons. The second-order valence-corrected chi connectivity index (χ2v) is 6.41. The van der Waals surface area contributed by atoms with Gasteiger partial charge < -0.3 is 9.42 Å². The fraction of sp³-hybridized carbons (Fsp3) is 0.105. The van der Waals surface area contributed by atoms with Crippen LogP contribution in [0.3, 0.4) is 0 Å². The number of amides is 1. The van der Waals surface area contributed by atoms with Crippen molar-refractivity contribution >= 4 is 35.2 Å². The van der Waals surface area contributed by atoms with Crippen LogP contribution in [-0.4, -0.2) is 28.0 Å². The molecule has 0 aliphatic carbocycles. The zero-order valence-corrected chi connectivity index (χ0v) is 15.4. The Labute approximate surface area is 160 Å². The number of rotatable bonds is 5. The van der Waals surface area contributed by atoms with Gasteiger partial charge in [0.15, 0.2) is 0 Å². The van der Waals surface area contributed by atoms with Gasteiger partial charge in [0, 0.05) is 23.7 Å². The minimum absolute atomic E-state index is 0.183. The van der Waals surface area contributed by atoms with Crippen LogP contribution in [0.4, 0.5) is 0 Å². The van der Waals surface area contributed by atoms with Gasteiger partial charge in [-0.25, -0.2) is 0 Å². The molecule has 132 valence electrons. The molecule has 0 saturated heterocycles. The van der Waals surface area contributed by atoms with E-state index in [1.165, 1.54) is 11.0 Å². The van der Waals surface area contributed by atoms with Crippen molar-refractivity contribution in [1.82, 2.24) is 15.0 Å². The number of halogens is 2. The lowest BCUT2D eigenvalue weighted by molar-refractivity contribution is -0.125. The van der Waals surface area contributed by atoms with E-state index in [0.717, 1.165) is 5.56 Å². The summed E-state index contributed by atoms with van der Waals surface area (Å²) in [5.74, 6) is 0.538. The van der Waals surface area contributed by atoms with E-state index in [9.17, 15) is 4.79 Å². The van der Waals surface area contributed by atoms with E-state index >= 15 is 0 Å². The Hall–Kier alpha value is -2.63. The summed E-state index contributed by atoms with van der Waals surface area (Å²) >= 11 is 12.0. The normalized spacial score (nSPS) is 11.0. The molecule has 1 heterocycles. The van der Waals surface area contributed by atoms with Crippen molar-refractivity contribution in [1.29, 1.82) is 0 Å². The Bertz CT molecular complexity index is 936. The fourth-order valence-corrected chi connectivity index (χ4v) is 2.57. The van der Waals surface area contributed by atoms with Crippen molar-refractivity contribution in [3.8, 4) is 11.4 Å². The van der Waals surface area contributed by atoms with Crippen LogP contribution in [0, 0.1) is 0 Å². The molecule has 3 rings (SSSR count). The maximum absolute atomic E-state index is 12.2. The van der Waals surface area contributed by atoms with Gasteiger partial charge in [0.1, 0.15) is 0 Å². The standard InChI is InChI=1S/C19H15Cl2N3O2/c1-24(18(25)11-8-13-6-9-14(20)10-7-13)12-17-22-19(23-26-17)15-4-2-3-5-16(15)21/h2-11H,12H2,1H3/b11-8+. The van der Waals surface area contributed by atoms with Gasteiger partial charge in [0.05, 0.1) is 11.6 Å². The highest BCUT2D eigenvalue weighted by atomic mass is 35.5. The molecule has 0 N–H and O–H groups in total. The molecule has 3 aromatic rings. The van der Waals surface area contributed by atoms with Crippen LogP contribution in [0.1, 0.15) is 11.5 Å². The van der Waals surface area contributed by atoms with Gasteiger partial charge in [-0.3, -0.25) is 4.79 Å². The lowest BCUT2D eigenvalue weighted by Crippen LogP contribution is -2.24. The number of carbonyl (C=O) groups is 1. The lowest BCUT2D eigenvalue weighted by atomic mass is 10.2. The van der Waals surface area contributed by atoms with Gasteiger partial charge in [-0.05, 0) is 35.9 Å². The van der Waals surface area contributed by atoms with Gasteiger partial charge in [-0.2, -0.15) is 4.98 Å². The van der Waals surface area contributed by atoms with Crippen LogP contribution in [0.2, 0.25) is 10.0 Å². The molecule has 0 aliphatic heterocycles. The van der Waals surface area contributed by atoms with E-state index in [1.807, 2.05) is 24.3 Å². The molecule has 0 bridgehead atoms. The maximum Gasteiger partial charge on any atom is 0.246 e. The topological polar surface area (TPSA) is 59.2 Å². The van der Waals surface area contributed by atoms with Crippen molar-refractivity contribution in [3.05, 3.63) is 76.1 Å². The monoisotopic (exact) mass is 387 g/mol. The number of nitrogens with zero attached hydrogens (tertiary/aromatic N) is 3. The number of likely N-dealkylation sites (N-methyl/N-ethyl adjacent to an activating group) is 1. The Balaban J connectivity index is 1.64. The van der Waals surface area contributed by atoms with Crippen LogP contribution < -0.4 is 0 Å². The molecule has 0 aliphatic rings. The van der Waals surface area contributed by atoms with E-state index in [1.54, 1.807) is 37.4 Å². The average molecular weight is 388 g/mol. The van der Waals surface area contributed by atoms with Crippen molar-refractivity contribution in [3.63, 3.8) is 0 Å². The Morgan fingerprint density at radius 1 is 1.15 bits per heavy atom. The Morgan fingerprint density at radius 3 is 2.62 bits per heavy atom. The van der Waals surface area contributed by atoms with E-state index in [2.05, 4.69) is 10.1 Å². The molecule has 0 spiro atoms. The SMILES string of the molecule is CN(Cc1nc(-c2ccccc2Cl)no1)C(=O)/C=C/c1ccc(Cl)cc1. The Kier molecular flexibility index (Phi) is 5.71. The van der Waals surface area contributed by atoms with Gasteiger partial charge in [0.25, 0.3) is 0 Å². The maximum atomic E-state index is 12.2. The van der Waals surface area contributed by atoms with Crippen molar-refractivity contribution in [2.45, 2.75) is 6.54 Å². The molecule has 7 heteroatoms. The largest absolute Gasteiger partial charge is 0.337 e. The molecule has 1 amide bonds. The van der Waals surface area contributed by atoms with Crippen LogP contribution in [-0.2, 0) is 11.3 Å². The van der Waals surface area contributed by atoms with Gasteiger partial charge in [0.2, 0.25) is 17.6 Å². The highest BCUT2D eigenvalue weighted by Crippen LogP contribution is 2.25. The van der Waals surface area contributed by atoms with Crippen molar-refractivity contribution in [2.75, 3.05) is 7.05 Å². The van der Waals surface area contributed by atoms with E-state index in [4.69, 9.17) is 27.7 Å². The van der Waals surface area contributed by atoms with E-state index in [0.29, 0.717) is 27.3 Å². The first-order valence-electron chi connectivity index (χ1n) is 7.79. The van der Waals surface area contributed by atoms with Crippen LogP contribution >= 0.6 is 23.2 Å². The van der Waals surface area contributed by atoms with Crippen molar-refractivity contribution < 1.29 is 9.32 Å². The second kappa shape index (κ2) is 8.17. The molecule has 1 aromatic heterocycles. The summed E-state index contributed by atoms with van der Waals surface area (Å²) < 4.78 is 5.22. The number of hydrogen-bond acceptors (Lipinski definition) is 4. The summed E-state index contributed by atoms with van der Waals surface area (Å²) in [6.45, 7) is 0.196. The highest BCUT2D eigenvalue weighted by molar-refractivity contribution is 6.33. The quantitative estimate of drug-likeness (QED) is 0.594. The van der Waals surface area contributed by atoms with Gasteiger partial charge in [-0.15, -0.1) is 0 Å². The first-order chi connectivity index (χ1) is 12.5. The third kappa shape index (κ3) is 4.50. The number of hydrogen-bond donors (Lipinski definition) is 0. The zero-order valence-electron chi connectivity index (χ0n) is 13.9. The molecule has 26 heavy (non-hydrogen) atoms. The number of benzene rings is 2. The molecule has 0 unspecified atom stereocenters. The summed E-state index contributed by atoms with van der Waals surface area (Å²) in [7, 11) is 1.66. The second-order valence-electron chi connectivity index (χ2n) is 5.57. The van der Waals surface area contributed by atoms with Crippen LogP contribution in [0.25, 0.3) is 17.5 Å². The van der Waals surface area contributed by atoms with E-state index in [-0.39, 0.29) is 12.5 Å². The summed E-state index contributed by atoms with van der Waals surface area (Å²) in [6.07, 6.45) is 3.20. The van der Waals surface area contributed by atoms with Crippen LogP contribution in [0.5, 0.6) is 0 Å². The fourth-order valence-electron chi connectivity index (χ4n) is 2.22. The summed E-state index contributed by atoms with van der Waals surface area (Å²) in [5.41, 5.74) is 1.57. The molecular weight excluding hydrogens is 373 g/mol. The number of carbonyl (C=O) groups excluding carboxylic acids is 1. The molecular formula is C19H15Cl2N3O2. The highest BCUT2D eigenvalue weighted by Gasteiger charge is 2.14. The van der Waals surface area contributed by atoms with E-state index < -0.39 is 0 Å². The predicted octanol–water partition coefficient (Wildman–Crippen LogP) is 4.72. The molecule has 0 fully saturated rings. The van der Waals surface area contributed by atoms with Gasteiger partial charge in [-0.1, -0.05) is 52.6 Å². The Morgan fingerprint density at radius 2 is 1.88 bits per heavy atom. The van der Waals surface area contributed by atoms with Gasteiger partial charge >= 0.3 is 0 Å². The third-order valence-corrected chi connectivity index (χ3v) is 4.20. The van der Waals surface area contributed by atoms with Crippen LogP contribution in [0.15, 0.2) is 59.1 Å². The minimum atomic E-state index is -0.183. The lowest BCUT2D eigenvalue weighted by Gasteiger charge is -2.11. The summed E-state index contributed by atoms with van der Waals surface area (Å²) in [6, 6.07) is 14.4. The molecule has 5 nitrogen and oxygen atoms in total. The molecule has 0 saturated carbocycles. The predicted molar refractivity (Wildman–Crippen MR) is 102 cm³/mol. The average Bonchev–Trinajstić information content (AvgIpc) is 3.09. The molecule has 2 aromatic carbocycles. The summed E-state index contributed by atoms with van der Waals surface area (Å²) in [4.78, 5) is 18.0. The minimum Gasteiger partial charge on any atom is -0.337 e. The zero-order chi connectivity index (χ0) is 18.5. The smallest absolute Gasteiger partial charge is 0.246 e. The molecule has 0 atom stereocenters. The van der Waals surface area contributed by atoms with Crippen molar-refractivity contribution in [2.24, 2.45) is 0 Å². The first kappa shape index (κ1) is 18.2. The summed E-state index contributed by atoms with van der Waals surface area (Å²) in [5, 5.41) is 5.11. The number of aromatic nitrogens is 2.